The standard InChI is InChI=1S/C11H20N2O3/c1-8-7-13-9(15-8)5-6-12-10(14)16-11(2,3)4/h8H,5-7H2,1-4H3,(H,12,14)/t8-/m0/s1. The number of nitrogens with one attached hydrogen (secondary N) is 1. The van der Waals surface area contributed by atoms with Gasteiger partial charge in [0.2, 0.25) is 0 Å². The number of hydrogen-bond acceptors (Lipinski definition) is 4. The fraction of sp³-hybridized carbons (Fsp3) is 0.818. The Balaban J connectivity index is 2.14. The zero-order chi connectivity index (χ0) is 12.2. The van der Waals surface area contributed by atoms with Gasteiger partial charge >= 0.3 is 6.09 Å². The molecule has 0 aromatic rings. The minimum Gasteiger partial charge on any atom is -0.476 e. The summed E-state index contributed by atoms with van der Waals surface area (Å²) in [6.07, 6.45) is 0.375. The average molecular weight is 228 g/mol. The van der Waals surface area contributed by atoms with E-state index in [4.69, 9.17) is 9.47 Å². The summed E-state index contributed by atoms with van der Waals surface area (Å²) in [5, 5.41) is 2.66. The summed E-state index contributed by atoms with van der Waals surface area (Å²) in [5.74, 6) is 0.712. The third-order valence-electron chi connectivity index (χ3n) is 1.87. The number of rotatable bonds is 3. The van der Waals surface area contributed by atoms with Crippen molar-refractivity contribution in [3.05, 3.63) is 0 Å². The highest BCUT2D eigenvalue weighted by atomic mass is 16.6. The number of carbonyl (C=O) groups excluding carboxylic acids is 1. The van der Waals surface area contributed by atoms with Gasteiger partial charge in [-0.15, -0.1) is 0 Å². The second-order valence-corrected chi connectivity index (χ2v) is 4.84. The molecule has 0 saturated heterocycles. The van der Waals surface area contributed by atoms with Crippen LogP contribution in [0.2, 0.25) is 0 Å². The molecule has 5 heteroatoms. The van der Waals surface area contributed by atoms with Gasteiger partial charge in [-0.3, -0.25) is 4.99 Å². The summed E-state index contributed by atoms with van der Waals surface area (Å²) in [6, 6.07) is 0. The Labute approximate surface area is 96.2 Å². The van der Waals surface area contributed by atoms with E-state index in [-0.39, 0.29) is 6.10 Å². The number of nitrogens with zero attached hydrogens (tertiary/aromatic N) is 1. The van der Waals surface area contributed by atoms with Crippen LogP contribution in [0, 0.1) is 0 Å². The van der Waals surface area contributed by atoms with Crippen molar-refractivity contribution < 1.29 is 14.3 Å². The molecule has 1 heterocycles. The van der Waals surface area contributed by atoms with Crippen molar-refractivity contribution in [1.82, 2.24) is 5.32 Å². The zero-order valence-electron chi connectivity index (χ0n) is 10.4. The van der Waals surface area contributed by atoms with Gasteiger partial charge in [0, 0.05) is 13.0 Å². The number of amides is 1. The van der Waals surface area contributed by atoms with Gasteiger partial charge in [0.25, 0.3) is 0 Å². The van der Waals surface area contributed by atoms with E-state index < -0.39 is 11.7 Å². The molecule has 0 bridgehead atoms. The molecule has 0 unspecified atom stereocenters. The van der Waals surface area contributed by atoms with E-state index in [0.717, 1.165) is 0 Å². The van der Waals surface area contributed by atoms with Crippen molar-refractivity contribution in [1.29, 1.82) is 0 Å². The predicted molar refractivity (Wildman–Crippen MR) is 61.7 cm³/mol. The Hall–Kier alpha value is -1.26. The van der Waals surface area contributed by atoms with Crippen LogP contribution in [0.25, 0.3) is 0 Å². The topological polar surface area (TPSA) is 59.9 Å². The molecule has 1 rings (SSSR count). The van der Waals surface area contributed by atoms with E-state index in [9.17, 15) is 4.79 Å². The highest BCUT2D eigenvalue weighted by Gasteiger charge is 2.17. The van der Waals surface area contributed by atoms with Crippen molar-refractivity contribution in [3.63, 3.8) is 0 Å². The summed E-state index contributed by atoms with van der Waals surface area (Å²) in [5.41, 5.74) is -0.458. The lowest BCUT2D eigenvalue weighted by molar-refractivity contribution is 0.0529. The third kappa shape index (κ3) is 5.00. The maximum Gasteiger partial charge on any atom is 0.407 e. The fourth-order valence-electron chi connectivity index (χ4n) is 1.26. The molecular formula is C11H20N2O3. The largest absolute Gasteiger partial charge is 0.476 e. The molecule has 0 spiro atoms. The maximum absolute atomic E-state index is 11.3. The van der Waals surface area contributed by atoms with Crippen LogP contribution < -0.4 is 5.32 Å². The van der Waals surface area contributed by atoms with E-state index in [1.165, 1.54) is 0 Å². The first kappa shape index (κ1) is 12.8. The van der Waals surface area contributed by atoms with E-state index in [1.807, 2.05) is 27.7 Å². The highest BCUT2D eigenvalue weighted by Crippen LogP contribution is 2.07. The summed E-state index contributed by atoms with van der Waals surface area (Å²) < 4.78 is 10.5. The van der Waals surface area contributed by atoms with Gasteiger partial charge in [0.1, 0.15) is 11.7 Å². The Morgan fingerprint density at radius 2 is 2.31 bits per heavy atom. The summed E-state index contributed by atoms with van der Waals surface area (Å²) >= 11 is 0. The molecule has 0 aromatic heterocycles. The third-order valence-corrected chi connectivity index (χ3v) is 1.87. The number of alkyl carbamates (subject to hydrolysis) is 1. The van der Waals surface area contributed by atoms with Gasteiger partial charge < -0.3 is 14.8 Å². The van der Waals surface area contributed by atoms with Gasteiger partial charge in [0.05, 0.1) is 6.54 Å². The van der Waals surface area contributed by atoms with Gasteiger partial charge in [-0.2, -0.15) is 0 Å². The van der Waals surface area contributed by atoms with Crippen LogP contribution in [0.1, 0.15) is 34.1 Å². The van der Waals surface area contributed by atoms with E-state index in [1.54, 1.807) is 0 Å². The van der Waals surface area contributed by atoms with Crippen LogP contribution in [0.4, 0.5) is 4.79 Å². The predicted octanol–water partition coefficient (Wildman–Crippen LogP) is 1.72. The SMILES string of the molecule is C[C@H]1CN=C(CCNC(=O)OC(C)(C)C)O1. The molecule has 1 aliphatic rings. The quantitative estimate of drug-likeness (QED) is 0.800. The van der Waals surface area contributed by atoms with Crippen LogP contribution in [0.5, 0.6) is 0 Å². The maximum atomic E-state index is 11.3. The fourth-order valence-corrected chi connectivity index (χ4v) is 1.26. The number of ether oxygens (including phenoxy) is 2. The van der Waals surface area contributed by atoms with Gasteiger partial charge in [-0.05, 0) is 27.7 Å². The van der Waals surface area contributed by atoms with Gasteiger partial charge in [-0.25, -0.2) is 4.79 Å². The Bertz CT molecular complexity index is 281. The Morgan fingerprint density at radius 3 is 2.81 bits per heavy atom. The monoisotopic (exact) mass is 228 g/mol. The average Bonchev–Trinajstić information content (AvgIpc) is 2.48. The first-order valence-electron chi connectivity index (χ1n) is 5.53. The lowest BCUT2D eigenvalue weighted by Gasteiger charge is -2.19. The Morgan fingerprint density at radius 1 is 1.62 bits per heavy atom. The van der Waals surface area contributed by atoms with E-state index in [2.05, 4.69) is 10.3 Å². The normalized spacial score (nSPS) is 20.0. The van der Waals surface area contributed by atoms with Crippen molar-refractivity contribution in [3.8, 4) is 0 Å². The molecule has 5 nitrogen and oxygen atoms in total. The lowest BCUT2D eigenvalue weighted by atomic mass is 10.2. The van der Waals surface area contributed by atoms with E-state index in [0.29, 0.717) is 25.4 Å². The molecular weight excluding hydrogens is 208 g/mol. The molecule has 0 aliphatic carbocycles. The van der Waals surface area contributed by atoms with Crippen molar-refractivity contribution in [2.45, 2.75) is 45.8 Å². The first-order chi connectivity index (χ1) is 7.37. The van der Waals surface area contributed by atoms with Crippen molar-refractivity contribution in [2.75, 3.05) is 13.1 Å². The molecule has 0 aromatic carbocycles. The molecule has 16 heavy (non-hydrogen) atoms. The summed E-state index contributed by atoms with van der Waals surface area (Å²) in [6.45, 7) is 8.66. The summed E-state index contributed by atoms with van der Waals surface area (Å²) in [4.78, 5) is 15.5. The minimum absolute atomic E-state index is 0.163. The van der Waals surface area contributed by atoms with Crippen molar-refractivity contribution >= 4 is 12.0 Å². The molecule has 1 amide bonds. The molecule has 0 radical (unpaired) electrons. The van der Waals surface area contributed by atoms with Crippen LogP contribution in [0.15, 0.2) is 4.99 Å². The molecule has 0 saturated carbocycles. The Kier molecular flexibility index (Phi) is 4.15. The second kappa shape index (κ2) is 5.18. The lowest BCUT2D eigenvalue weighted by Crippen LogP contribution is -2.33. The number of aliphatic imine (C=N–C) groups is 1. The smallest absolute Gasteiger partial charge is 0.407 e. The van der Waals surface area contributed by atoms with Crippen molar-refractivity contribution in [2.24, 2.45) is 4.99 Å². The number of carbonyl (C=O) groups is 1. The zero-order valence-corrected chi connectivity index (χ0v) is 10.4. The van der Waals surface area contributed by atoms with Gasteiger partial charge in [0.15, 0.2) is 5.90 Å². The van der Waals surface area contributed by atoms with E-state index >= 15 is 0 Å². The molecule has 0 fully saturated rings. The molecule has 1 N–H and O–H groups in total. The minimum atomic E-state index is -0.458. The highest BCUT2D eigenvalue weighted by molar-refractivity contribution is 5.78. The van der Waals surface area contributed by atoms with Crippen LogP contribution >= 0.6 is 0 Å². The molecule has 1 aliphatic heterocycles. The van der Waals surface area contributed by atoms with Gasteiger partial charge in [-0.1, -0.05) is 0 Å². The summed E-state index contributed by atoms with van der Waals surface area (Å²) in [7, 11) is 0. The van der Waals surface area contributed by atoms with Crippen LogP contribution in [-0.2, 0) is 9.47 Å². The number of hydrogen-bond donors (Lipinski definition) is 1. The first-order valence-corrected chi connectivity index (χ1v) is 5.53. The molecule has 92 valence electrons. The second-order valence-electron chi connectivity index (χ2n) is 4.84. The molecule has 1 atom stereocenters. The van der Waals surface area contributed by atoms with Crippen LogP contribution in [0.3, 0.4) is 0 Å². The van der Waals surface area contributed by atoms with Crippen LogP contribution in [-0.4, -0.2) is 36.8 Å².